The lowest BCUT2D eigenvalue weighted by Gasteiger charge is -2.19. The van der Waals surface area contributed by atoms with Crippen LogP contribution in [0.4, 0.5) is 13.2 Å². The van der Waals surface area contributed by atoms with Crippen LogP contribution in [0, 0.1) is 0 Å². The summed E-state index contributed by atoms with van der Waals surface area (Å²) in [4.78, 5) is 0. The highest BCUT2D eigenvalue weighted by atomic mass is 19.4. The van der Waals surface area contributed by atoms with E-state index in [1.54, 1.807) is 12.1 Å². The third kappa shape index (κ3) is 18.1. The summed E-state index contributed by atoms with van der Waals surface area (Å²) in [7, 11) is 1.42. The molecule has 0 fully saturated rings. The average molecular weight is 474 g/mol. The molecule has 0 heterocycles. The van der Waals surface area contributed by atoms with E-state index in [1.807, 2.05) is 55.4 Å². The van der Waals surface area contributed by atoms with Crippen molar-refractivity contribution >= 4 is 0 Å². The topological polar surface area (TPSA) is 58.2 Å². The standard InChI is InChI=1S/C17H26F3NO5.3C2H6.H2/c1-4-23-15(24-5-2)10-21-9-13-7-6-8-14(16(13)26-12-22-3)25-11-17(18,19)20;3*1-2;/h6-8,15,21H,4-5,9-12H2,1-3H3;3*1-2H3;1H. The van der Waals surface area contributed by atoms with Crippen molar-refractivity contribution in [2.75, 3.05) is 40.3 Å². The molecule has 0 radical (unpaired) electrons. The highest BCUT2D eigenvalue weighted by Crippen LogP contribution is 2.32. The molecule has 0 aliphatic rings. The Morgan fingerprint density at radius 1 is 0.938 bits per heavy atom. The number of hydrogen-bond acceptors (Lipinski definition) is 6. The van der Waals surface area contributed by atoms with E-state index in [0.29, 0.717) is 31.9 Å². The normalized spacial score (nSPS) is 10.2. The van der Waals surface area contributed by atoms with Crippen molar-refractivity contribution in [1.29, 1.82) is 0 Å². The molecule has 0 saturated heterocycles. The summed E-state index contributed by atoms with van der Waals surface area (Å²) in [5.41, 5.74) is 0.633. The molecular formula is C23H46F3NO5. The van der Waals surface area contributed by atoms with Crippen molar-refractivity contribution in [2.24, 2.45) is 0 Å². The Bertz CT molecular complexity index is 517. The number of methoxy groups -OCH3 is 1. The zero-order valence-electron chi connectivity index (χ0n) is 21.2. The van der Waals surface area contributed by atoms with Crippen LogP contribution in [0.2, 0.25) is 0 Å². The summed E-state index contributed by atoms with van der Waals surface area (Å²) in [5.74, 6) is 0.209. The van der Waals surface area contributed by atoms with E-state index in [9.17, 15) is 13.2 Å². The third-order valence-electron chi connectivity index (χ3n) is 3.10. The van der Waals surface area contributed by atoms with Gasteiger partial charge in [0.15, 0.2) is 31.2 Å². The van der Waals surface area contributed by atoms with Gasteiger partial charge in [0.25, 0.3) is 0 Å². The first-order chi connectivity index (χ1) is 15.4. The molecular weight excluding hydrogens is 427 g/mol. The highest BCUT2D eigenvalue weighted by molar-refractivity contribution is 5.46. The minimum atomic E-state index is -4.44. The summed E-state index contributed by atoms with van der Waals surface area (Å²) in [6.45, 7) is 16.0. The number of rotatable bonds is 13. The van der Waals surface area contributed by atoms with Crippen LogP contribution in [-0.4, -0.2) is 52.7 Å². The minimum Gasteiger partial charge on any atom is -0.480 e. The van der Waals surface area contributed by atoms with E-state index in [-0.39, 0.29) is 19.7 Å². The zero-order valence-corrected chi connectivity index (χ0v) is 21.2. The predicted molar refractivity (Wildman–Crippen MR) is 125 cm³/mol. The molecule has 6 nitrogen and oxygen atoms in total. The van der Waals surface area contributed by atoms with Gasteiger partial charge >= 0.3 is 6.18 Å². The second-order valence-electron chi connectivity index (χ2n) is 5.17. The van der Waals surface area contributed by atoms with Crippen LogP contribution in [0.1, 0.15) is 62.4 Å². The molecule has 0 unspecified atom stereocenters. The smallest absolute Gasteiger partial charge is 0.422 e. The van der Waals surface area contributed by atoms with Gasteiger partial charge in [-0.05, 0) is 19.9 Å². The number of halogens is 3. The maximum absolute atomic E-state index is 12.4. The van der Waals surface area contributed by atoms with Crippen LogP contribution >= 0.6 is 0 Å². The lowest BCUT2D eigenvalue weighted by molar-refractivity contribution is -0.153. The Balaban J connectivity index is -0.000000553. The first-order valence-corrected chi connectivity index (χ1v) is 11.3. The van der Waals surface area contributed by atoms with Gasteiger partial charge < -0.3 is 29.0 Å². The van der Waals surface area contributed by atoms with E-state index in [2.05, 4.69) is 5.32 Å². The van der Waals surface area contributed by atoms with E-state index in [1.165, 1.54) is 13.2 Å². The summed E-state index contributed by atoms with van der Waals surface area (Å²) >= 11 is 0. The first kappa shape index (κ1) is 35.0. The molecule has 32 heavy (non-hydrogen) atoms. The summed E-state index contributed by atoms with van der Waals surface area (Å²) in [6.07, 6.45) is -4.84. The van der Waals surface area contributed by atoms with Gasteiger partial charge in [0, 0.05) is 40.4 Å². The number of nitrogens with one attached hydrogen (secondary N) is 1. The molecule has 0 saturated carbocycles. The Morgan fingerprint density at radius 3 is 1.97 bits per heavy atom. The van der Waals surface area contributed by atoms with Gasteiger partial charge in [-0.1, -0.05) is 53.7 Å². The van der Waals surface area contributed by atoms with E-state index >= 15 is 0 Å². The lowest BCUT2D eigenvalue weighted by Crippen LogP contribution is -2.31. The van der Waals surface area contributed by atoms with Crippen LogP contribution in [0.3, 0.4) is 0 Å². The van der Waals surface area contributed by atoms with Gasteiger partial charge in [0.05, 0.1) is 0 Å². The van der Waals surface area contributed by atoms with E-state index in [0.717, 1.165) is 0 Å². The van der Waals surface area contributed by atoms with Gasteiger partial charge in [0.2, 0.25) is 0 Å². The molecule has 0 aliphatic heterocycles. The van der Waals surface area contributed by atoms with Crippen LogP contribution in [-0.2, 0) is 20.8 Å². The summed E-state index contributed by atoms with van der Waals surface area (Å²) in [6, 6.07) is 4.75. The summed E-state index contributed by atoms with van der Waals surface area (Å²) in [5, 5.41) is 3.14. The van der Waals surface area contributed by atoms with Gasteiger partial charge in [0.1, 0.15) is 0 Å². The van der Waals surface area contributed by atoms with E-state index < -0.39 is 19.1 Å². The monoisotopic (exact) mass is 473 g/mol. The van der Waals surface area contributed by atoms with Crippen LogP contribution in [0.15, 0.2) is 18.2 Å². The fourth-order valence-corrected chi connectivity index (χ4v) is 2.12. The number of benzene rings is 1. The average Bonchev–Trinajstić information content (AvgIpc) is 2.80. The van der Waals surface area contributed by atoms with Crippen molar-refractivity contribution in [3.63, 3.8) is 0 Å². The molecule has 0 aliphatic carbocycles. The van der Waals surface area contributed by atoms with Crippen molar-refractivity contribution in [1.82, 2.24) is 5.32 Å². The molecule has 0 amide bonds. The molecule has 0 aromatic heterocycles. The van der Waals surface area contributed by atoms with Crippen molar-refractivity contribution in [3.8, 4) is 11.5 Å². The third-order valence-corrected chi connectivity index (χ3v) is 3.10. The minimum absolute atomic E-state index is 0. The van der Waals surface area contributed by atoms with Gasteiger partial charge in [-0.2, -0.15) is 13.2 Å². The summed E-state index contributed by atoms with van der Waals surface area (Å²) < 4.78 is 63.3. The fraction of sp³-hybridized carbons (Fsp3) is 0.739. The van der Waals surface area contributed by atoms with Crippen molar-refractivity contribution in [2.45, 2.75) is 74.4 Å². The Kier molecular flexibility index (Phi) is 26.4. The number of hydrogen-bond donors (Lipinski definition) is 1. The van der Waals surface area contributed by atoms with Crippen LogP contribution < -0.4 is 14.8 Å². The maximum Gasteiger partial charge on any atom is 0.422 e. The number of para-hydroxylation sites is 1. The Hall–Kier alpha value is -1.55. The van der Waals surface area contributed by atoms with Crippen LogP contribution in [0.5, 0.6) is 11.5 Å². The molecule has 0 bridgehead atoms. The molecule has 0 atom stereocenters. The van der Waals surface area contributed by atoms with Gasteiger partial charge in [-0.15, -0.1) is 0 Å². The molecule has 194 valence electrons. The quantitative estimate of drug-likeness (QED) is 0.334. The second-order valence-corrected chi connectivity index (χ2v) is 5.17. The fourth-order valence-electron chi connectivity index (χ4n) is 2.12. The van der Waals surface area contributed by atoms with E-state index in [4.69, 9.17) is 23.7 Å². The largest absolute Gasteiger partial charge is 0.480 e. The molecule has 1 aromatic carbocycles. The predicted octanol–water partition coefficient (Wildman–Crippen LogP) is 6.42. The van der Waals surface area contributed by atoms with Crippen molar-refractivity contribution in [3.05, 3.63) is 23.8 Å². The molecule has 1 N–H and O–H groups in total. The maximum atomic E-state index is 12.4. The number of alkyl halides is 3. The lowest BCUT2D eigenvalue weighted by atomic mass is 10.2. The SMILES string of the molecule is CC.CC.CC.CCOC(CNCc1cccc(OCC(F)(F)F)c1OCOC)OCC.[HH]. The molecule has 0 spiro atoms. The number of ether oxygens (including phenoxy) is 5. The van der Waals surface area contributed by atoms with Gasteiger partial charge in [-0.3, -0.25) is 0 Å². The van der Waals surface area contributed by atoms with Crippen LogP contribution in [0.25, 0.3) is 0 Å². The zero-order chi connectivity index (χ0) is 25.4. The first-order valence-electron chi connectivity index (χ1n) is 11.3. The Labute approximate surface area is 194 Å². The second kappa shape index (κ2) is 24.1. The molecule has 1 aromatic rings. The van der Waals surface area contributed by atoms with Crippen molar-refractivity contribution < 1.29 is 38.3 Å². The Morgan fingerprint density at radius 2 is 1.50 bits per heavy atom. The molecule has 1 rings (SSSR count). The molecule has 9 heteroatoms. The highest BCUT2D eigenvalue weighted by Gasteiger charge is 2.29. The van der Waals surface area contributed by atoms with Gasteiger partial charge in [-0.25, -0.2) is 0 Å².